The molecule has 0 radical (unpaired) electrons. The number of urea groups is 1. The van der Waals surface area contributed by atoms with Gasteiger partial charge in [0, 0.05) is 19.6 Å². The number of halogens is 3. The van der Waals surface area contributed by atoms with Crippen LogP contribution in [0.4, 0.5) is 18.0 Å². The zero-order valence-corrected chi connectivity index (χ0v) is 12.3. The maximum absolute atomic E-state index is 13.2. The Labute approximate surface area is 126 Å². The van der Waals surface area contributed by atoms with Crippen LogP contribution in [0.25, 0.3) is 0 Å². The second-order valence-corrected chi connectivity index (χ2v) is 6.58. The van der Waals surface area contributed by atoms with Crippen molar-refractivity contribution in [1.82, 2.24) is 15.1 Å². The monoisotopic (exact) mass is 319 g/mol. The molecule has 0 aromatic rings. The van der Waals surface area contributed by atoms with Crippen LogP contribution < -0.4 is 5.32 Å². The first kappa shape index (κ1) is 15.6. The third-order valence-electron chi connectivity index (χ3n) is 5.33. The second-order valence-electron chi connectivity index (χ2n) is 6.58. The maximum atomic E-state index is 13.2. The Kier molecular flexibility index (Phi) is 3.82. The van der Waals surface area contributed by atoms with E-state index in [-0.39, 0.29) is 25.4 Å². The summed E-state index contributed by atoms with van der Waals surface area (Å²) in [6.07, 6.45) is -1.91. The Balaban J connectivity index is 1.59. The average molecular weight is 319 g/mol. The van der Waals surface area contributed by atoms with E-state index >= 15 is 0 Å². The number of amides is 3. The fourth-order valence-corrected chi connectivity index (χ4v) is 4.01. The SMILES string of the molecule is O=C1CNC(=O)N1CCN1CCC(C(F)(F)F)C2(CCC2)C1. The summed E-state index contributed by atoms with van der Waals surface area (Å²) in [6, 6.07) is -0.409. The topological polar surface area (TPSA) is 52.7 Å². The molecule has 22 heavy (non-hydrogen) atoms. The van der Waals surface area contributed by atoms with Crippen LogP contribution in [0.3, 0.4) is 0 Å². The van der Waals surface area contributed by atoms with Crippen LogP contribution in [0, 0.1) is 11.3 Å². The normalized spacial score (nSPS) is 28.9. The standard InChI is InChI=1S/C14H20F3N3O2/c15-14(16,17)10-2-5-19(9-13(10)3-1-4-13)6-7-20-11(21)8-18-12(20)22/h10H,1-9H2,(H,18,22). The van der Waals surface area contributed by atoms with Crippen molar-refractivity contribution in [3.63, 3.8) is 0 Å². The van der Waals surface area contributed by atoms with Gasteiger partial charge >= 0.3 is 12.2 Å². The lowest BCUT2D eigenvalue weighted by molar-refractivity contribution is -0.237. The first-order valence-electron chi connectivity index (χ1n) is 7.69. The Morgan fingerprint density at radius 1 is 1.23 bits per heavy atom. The maximum Gasteiger partial charge on any atom is 0.392 e. The molecule has 0 aromatic carbocycles. The van der Waals surface area contributed by atoms with Crippen LogP contribution in [-0.2, 0) is 4.79 Å². The van der Waals surface area contributed by atoms with E-state index in [2.05, 4.69) is 5.32 Å². The smallest absolute Gasteiger partial charge is 0.329 e. The molecule has 3 aliphatic rings. The van der Waals surface area contributed by atoms with Crippen molar-refractivity contribution in [3.8, 4) is 0 Å². The van der Waals surface area contributed by atoms with Gasteiger partial charge in [-0.05, 0) is 31.2 Å². The van der Waals surface area contributed by atoms with Crippen molar-refractivity contribution in [2.24, 2.45) is 11.3 Å². The van der Waals surface area contributed by atoms with Crippen LogP contribution in [0.5, 0.6) is 0 Å². The summed E-state index contributed by atoms with van der Waals surface area (Å²) in [5.41, 5.74) is -0.645. The van der Waals surface area contributed by atoms with E-state index in [1.165, 1.54) is 0 Å². The summed E-state index contributed by atoms with van der Waals surface area (Å²) in [6.45, 7) is 1.50. The molecular formula is C14H20F3N3O2. The number of nitrogens with zero attached hydrogens (tertiary/aromatic N) is 2. The number of imide groups is 1. The first-order chi connectivity index (χ1) is 10.3. The minimum absolute atomic E-state index is 0.0128. The first-order valence-corrected chi connectivity index (χ1v) is 7.69. The van der Waals surface area contributed by atoms with Crippen molar-refractivity contribution in [2.75, 3.05) is 32.7 Å². The molecule has 5 nitrogen and oxygen atoms in total. The van der Waals surface area contributed by atoms with Gasteiger partial charge in [-0.3, -0.25) is 9.69 Å². The molecule has 0 aromatic heterocycles. The zero-order chi connectivity index (χ0) is 16.0. The third-order valence-corrected chi connectivity index (χ3v) is 5.33. The van der Waals surface area contributed by atoms with Crippen molar-refractivity contribution < 1.29 is 22.8 Å². The van der Waals surface area contributed by atoms with Gasteiger partial charge in [0.2, 0.25) is 5.91 Å². The number of nitrogens with one attached hydrogen (secondary N) is 1. The van der Waals surface area contributed by atoms with Crippen LogP contribution in [0.2, 0.25) is 0 Å². The second kappa shape index (κ2) is 5.40. The number of piperidine rings is 1. The molecule has 2 aliphatic heterocycles. The van der Waals surface area contributed by atoms with E-state index < -0.39 is 23.5 Å². The molecule has 1 spiro atoms. The Morgan fingerprint density at radius 3 is 2.45 bits per heavy atom. The molecule has 1 aliphatic carbocycles. The highest BCUT2D eigenvalue weighted by Crippen LogP contribution is 2.56. The molecule has 3 amide bonds. The quantitative estimate of drug-likeness (QED) is 0.804. The summed E-state index contributed by atoms with van der Waals surface area (Å²) in [5.74, 6) is -1.48. The predicted octanol–water partition coefficient (Wildman–Crippen LogP) is 1.59. The zero-order valence-electron chi connectivity index (χ0n) is 12.3. The third kappa shape index (κ3) is 2.68. The summed E-state index contributed by atoms with van der Waals surface area (Å²) >= 11 is 0. The molecule has 1 atom stereocenters. The number of carbonyl (C=O) groups excluding carboxylic acids is 2. The highest BCUT2D eigenvalue weighted by atomic mass is 19.4. The number of hydrogen-bond acceptors (Lipinski definition) is 3. The molecule has 124 valence electrons. The molecule has 3 rings (SSSR count). The Bertz CT molecular complexity index is 460. The van der Waals surface area contributed by atoms with E-state index in [0.717, 1.165) is 11.3 Å². The molecule has 2 saturated heterocycles. The van der Waals surface area contributed by atoms with Gasteiger partial charge in [-0.15, -0.1) is 0 Å². The highest BCUT2D eigenvalue weighted by Gasteiger charge is 2.57. The van der Waals surface area contributed by atoms with Crippen LogP contribution >= 0.6 is 0 Å². The minimum Gasteiger partial charge on any atom is -0.329 e. The minimum atomic E-state index is -4.13. The Morgan fingerprint density at radius 2 is 1.95 bits per heavy atom. The molecule has 1 unspecified atom stereocenters. The van der Waals surface area contributed by atoms with E-state index in [4.69, 9.17) is 0 Å². The largest absolute Gasteiger partial charge is 0.392 e. The molecule has 1 saturated carbocycles. The molecule has 8 heteroatoms. The number of carbonyl (C=O) groups is 2. The molecule has 2 heterocycles. The average Bonchev–Trinajstić information content (AvgIpc) is 2.72. The molecule has 3 fully saturated rings. The van der Waals surface area contributed by atoms with Gasteiger partial charge in [0.15, 0.2) is 0 Å². The van der Waals surface area contributed by atoms with Crippen LogP contribution in [0.15, 0.2) is 0 Å². The van der Waals surface area contributed by atoms with Crippen LogP contribution in [-0.4, -0.2) is 60.6 Å². The fraction of sp³-hybridized carbons (Fsp3) is 0.857. The van der Waals surface area contributed by atoms with Crippen molar-refractivity contribution in [1.29, 1.82) is 0 Å². The van der Waals surface area contributed by atoms with Gasteiger partial charge in [0.25, 0.3) is 0 Å². The van der Waals surface area contributed by atoms with Gasteiger partial charge in [-0.1, -0.05) is 6.42 Å². The molecule has 1 N–H and O–H groups in total. The Hall–Kier alpha value is -1.31. The highest BCUT2D eigenvalue weighted by molar-refractivity contribution is 6.01. The van der Waals surface area contributed by atoms with E-state index in [1.54, 1.807) is 0 Å². The van der Waals surface area contributed by atoms with Crippen molar-refractivity contribution >= 4 is 11.9 Å². The number of hydrogen-bond donors (Lipinski definition) is 1. The van der Waals surface area contributed by atoms with Gasteiger partial charge in [-0.25, -0.2) is 4.79 Å². The van der Waals surface area contributed by atoms with E-state index in [0.29, 0.717) is 32.5 Å². The summed E-state index contributed by atoms with van der Waals surface area (Å²) in [4.78, 5) is 26.1. The predicted molar refractivity (Wildman–Crippen MR) is 72.0 cm³/mol. The van der Waals surface area contributed by atoms with Gasteiger partial charge < -0.3 is 10.2 Å². The summed E-state index contributed by atoms with van der Waals surface area (Å²) in [5, 5.41) is 2.44. The summed E-state index contributed by atoms with van der Waals surface area (Å²) < 4.78 is 39.6. The fourth-order valence-electron chi connectivity index (χ4n) is 4.01. The van der Waals surface area contributed by atoms with E-state index in [9.17, 15) is 22.8 Å². The van der Waals surface area contributed by atoms with Crippen LogP contribution in [0.1, 0.15) is 25.7 Å². The van der Waals surface area contributed by atoms with Gasteiger partial charge in [-0.2, -0.15) is 13.2 Å². The number of rotatable bonds is 3. The van der Waals surface area contributed by atoms with Crippen molar-refractivity contribution in [2.45, 2.75) is 31.9 Å². The lowest BCUT2D eigenvalue weighted by Crippen LogP contribution is -2.57. The van der Waals surface area contributed by atoms with Gasteiger partial charge in [0.05, 0.1) is 12.5 Å². The van der Waals surface area contributed by atoms with E-state index in [1.807, 2.05) is 4.90 Å². The summed E-state index contributed by atoms with van der Waals surface area (Å²) in [7, 11) is 0. The lowest BCUT2D eigenvalue weighted by Gasteiger charge is -2.54. The van der Waals surface area contributed by atoms with Gasteiger partial charge in [0.1, 0.15) is 0 Å². The molecular weight excluding hydrogens is 299 g/mol. The molecule has 0 bridgehead atoms. The van der Waals surface area contributed by atoms with Crippen molar-refractivity contribution in [3.05, 3.63) is 0 Å². The lowest BCUT2D eigenvalue weighted by atomic mass is 9.58. The number of alkyl halides is 3. The number of likely N-dealkylation sites (tertiary alicyclic amines) is 1.